The third-order valence-electron chi connectivity index (χ3n) is 3.50. The monoisotopic (exact) mass is 282 g/mol. The highest BCUT2D eigenvalue weighted by molar-refractivity contribution is 5.88. The molecule has 0 heterocycles. The van der Waals surface area contributed by atoms with Crippen molar-refractivity contribution in [1.29, 1.82) is 0 Å². The van der Waals surface area contributed by atoms with Crippen molar-refractivity contribution in [3.8, 4) is 0 Å². The molecule has 0 radical (unpaired) electrons. The maximum Gasteiger partial charge on any atom is 0.133 e. The van der Waals surface area contributed by atoms with Crippen LogP contribution < -0.4 is 0 Å². The van der Waals surface area contributed by atoms with Gasteiger partial charge in [-0.25, -0.2) is 0 Å². The van der Waals surface area contributed by atoms with Crippen molar-refractivity contribution in [3.05, 3.63) is 0 Å². The van der Waals surface area contributed by atoms with Crippen LogP contribution in [-0.2, 0) is 14.4 Å². The Morgan fingerprint density at radius 1 is 0.600 bits per heavy atom. The van der Waals surface area contributed by atoms with E-state index in [4.69, 9.17) is 0 Å². The molecule has 0 aliphatic carbocycles. The summed E-state index contributed by atoms with van der Waals surface area (Å²) in [4.78, 5) is 33.8. The molecule has 0 aromatic heterocycles. The number of carbonyl (C=O) groups excluding carboxylic acids is 3. The van der Waals surface area contributed by atoms with Crippen LogP contribution in [0.2, 0.25) is 0 Å². The Balaban J connectivity index is 3.40. The quantitative estimate of drug-likeness (QED) is 0.443. The molecule has 0 bridgehead atoms. The molecule has 116 valence electrons. The summed E-state index contributed by atoms with van der Waals surface area (Å²) < 4.78 is 0. The summed E-state index contributed by atoms with van der Waals surface area (Å²) in [6.45, 7) is 3.69. The number of hydrogen-bond donors (Lipinski definition) is 0. The van der Waals surface area contributed by atoms with Crippen LogP contribution in [0.5, 0.6) is 0 Å². The lowest BCUT2D eigenvalue weighted by molar-refractivity contribution is -0.125. The SMILES string of the molecule is CCCCCCCCCC(=O)CCC(=O)CCC(C)=O. The van der Waals surface area contributed by atoms with E-state index >= 15 is 0 Å². The first-order valence-electron chi connectivity index (χ1n) is 8.09. The fraction of sp³-hybridized carbons (Fsp3) is 0.824. The molecular formula is C17H30O3. The predicted octanol–water partition coefficient (Wildman–Crippen LogP) is 4.41. The van der Waals surface area contributed by atoms with Gasteiger partial charge in [-0.15, -0.1) is 0 Å². The zero-order valence-corrected chi connectivity index (χ0v) is 13.2. The van der Waals surface area contributed by atoms with Crippen molar-refractivity contribution in [1.82, 2.24) is 0 Å². The average molecular weight is 282 g/mol. The summed E-state index contributed by atoms with van der Waals surface area (Å²) >= 11 is 0. The number of ketones is 3. The van der Waals surface area contributed by atoms with Gasteiger partial charge >= 0.3 is 0 Å². The molecule has 0 unspecified atom stereocenters. The van der Waals surface area contributed by atoms with Crippen molar-refractivity contribution in [2.24, 2.45) is 0 Å². The molecule has 0 spiro atoms. The summed E-state index contributed by atoms with van der Waals surface area (Å²) in [6.07, 6.45) is 10.3. The van der Waals surface area contributed by atoms with Gasteiger partial charge in [-0.05, 0) is 13.3 Å². The van der Waals surface area contributed by atoms with Gasteiger partial charge in [0.05, 0.1) is 0 Å². The van der Waals surface area contributed by atoms with E-state index in [-0.39, 0.29) is 17.3 Å². The van der Waals surface area contributed by atoms with E-state index in [9.17, 15) is 14.4 Å². The minimum absolute atomic E-state index is 0.0350. The van der Waals surface area contributed by atoms with Crippen molar-refractivity contribution in [2.45, 2.75) is 90.9 Å². The van der Waals surface area contributed by atoms with Crippen LogP contribution in [-0.4, -0.2) is 17.3 Å². The van der Waals surface area contributed by atoms with E-state index in [1.165, 1.54) is 39.0 Å². The molecule has 0 fully saturated rings. The molecule has 0 rings (SSSR count). The Hall–Kier alpha value is -0.990. The fourth-order valence-corrected chi connectivity index (χ4v) is 2.12. The van der Waals surface area contributed by atoms with Crippen molar-refractivity contribution in [3.63, 3.8) is 0 Å². The molecule has 0 aromatic carbocycles. The Morgan fingerprint density at radius 2 is 1.05 bits per heavy atom. The highest BCUT2D eigenvalue weighted by atomic mass is 16.1. The van der Waals surface area contributed by atoms with Crippen molar-refractivity contribution < 1.29 is 14.4 Å². The maximum atomic E-state index is 11.6. The number of Topliss-reactive ketones (excluding diaryl/α,β-unsaturated/α-hetero) is 3. The van der Waals surface area contributed by atoms with Gasteiger partial charge in [-0.2, -0.15) is 0 Å². The molecular weight excluding hydrogens is 252 g/mol. The van der Waals surface area contributed by atoms with E-state index < -0.39 is 0 Å². The van der Waals surface area contributed by atoms with Gasteiger partial charge in [0, 0.05) is 32.1 Å². The van der Waals surface area contributed by atoms with Gasteiger partial charge in [-0.3, -0.25) is 9.59 Å². The smallest absolute Gasteiger partial charge is 0.133 e. The van der Waals surface area contributed by atoms with Gasteiger partial charge in [-0.1, -0.05) is 45.4 Å². The summed E-state index contributed by atoms with van der Waals surface area (Å²) in [5, 5.41) is 0. The van der Waals surface area contributed by atoms with Gasteiger partial charge in [0.15, 0.2) is 0 Å². The van der Waals surface area contributed by atoms with E-state index in [1.54, 1.807) is 0 Å². The molecule has 0 amide bonds. The van der Waals surface area contributed by atoms with Crippen LogP contribution in [0.3, 0.4) is 0 Å². The molecule has 3 heteroatoms. The first-order chi connectivity index (χ1) is 9.56. The Labute approximate surface area is 123 Å². The zero-order valence-electron chi connectivity index (χ0n) is 13.2. The number of unbranched alkanes of at least 4 members (excludes halogenated alkanes) is 6. The predicted molar refractivity (Wildman–Crippen MR) is 81.8 cm³/mol. The number of hydrogen-bond acceptors (Lipinski definition) is 3. The summed E-state index contributed by atoms with van der Waals surface area (Å²) in [7, 11) is 0. The van der Waals surface area contributed by atoms with Crippen molar-refractivity contribution >= 4 is 17.3 Å². The van der Waals surface area contributed by atoms with Crippen LogP contribution in [0.1, 0.15) is 90.9 Å². The Bertz CT molecular complexity index is 295. The lowest BCUT2D eigenvalue weighted by Gasteiger charge is -2.02. The third-order valence-corrected chi connectivity index (χ3v) is 3.50. The molecule has 0 N–H and O–H groups in total. The van der Waals surface area contributed by atoms with Gasteiger partial charge in [0.2, 0.25) is 0 Å². The van der Waals surface area contributed by atoms with E-state index in [2.05, 4.69) is 6.92 Å². The average Bonchev–Trinajstić information content (AvgIpc) is 2.41. The molecule has 3 nitrogen and oxygen atoms in total. The number of carbonyl (C=O) groups is 3. The lowest BCUT2D eigenvalue weighted by atomic mass is 10.0. The second kappa shape index (κ2) is 13.0. The second-order valence-corrected chi connectivity index (χ2v) is 5.65. The lowest BCUT2D eigenvalue weighted by Crippen LogP contribution is -2.05. The minimum Gasteiger partial charge on any atom is -0.300 e. The second-order valence-electron chi connectivity index (χ2n) is 5.65. The van der Waals surface area contributed by atoms with Crippen molar-refractivity contribution in [2.75, 3.05) is 0 Å². The third kappa shape index (κ3) is 13.4. The highest BCUT2D eigenvalue weighted by Crippen LogP contribution is 2.10. The highest BCUT2D eigenvalue weighted by Gasteiger charge is 2.08. The molecule has 0 aliphatic heterocycles. The fourth-order valence-electron chi connectivity index (χ4n) is 2.12. The van der Waals surface area contributed by atoms with Crippen LogP contribution in [0.15, 0.2) is 0 Å². The molecule has 0 atom stereocenters. The van der Waals surface area contributed by atoms with Crippen LogP contribution in [0.4, 0.5) is 0 Å². The van der Waals surface area contributed by atoms with E-state index in [0.717, 1.165) is 12.8 Å². The summed E-state index contributed by atoms with van der Waals surface area (Å²) in [5.41, 5.74) is 0. The summed E-state index contributed by atoms with van der Waals surface area (Å²) in [6, 6.07) is 0. The standard InChI is InChI=1S/C17H30O3/c1-3-4-5-6-7-8-9-10-16(19)13-14-17(20)12-11-15(2)18/h3-14H2,1-2H3. The largest absolute Gasteiger partial charge is 0.300 e. The van der Waals surface area contributed by atoms with E-state index in [1.807, 2.05) is 0 Å². The summed E-state index contributed by atoms with van der Waals surface area (Å²) in [5.74, 6) is 0.260. The van der Waals surface area contributed by atoms with Crippen LogP contribution >= 0.6 is 0 Å². The Kier molecular flexibility index (Phi) is 12.4. The van der Waals surface area contributed by atoms with E-state index in [0.29, 0.717) is 32.1 Å². The van der Waals surface area contributed by atoms with Crippen LogP contribution in [0, 0.1) is 0 Å². The van der Waals surface area contributed by atoms with Gasteiger partial charge in [0.25, 0.3) is 0 Å². The first-order valence-corrected chi connectivity index (χ1v) is 8.09. The zero-order chi connectivity index (χ0) is 15.2. The molecule has 0 aromatic rings. The molecule has 20 heavy (non-hydrogen) atoms. The molecule has 0 saturated carbocycles. The molecule has 0 aliphatic rings. The maximum absolute atomic E-state index is 11.6. The van der Waals surface area contributed by atoms with Gasteiger partial charge < -0.3 is 4.79 Å². The minimum atomic E-state index is 0.0350. The normalized spacial score (nSPS) is 10.5. The van der Waals surface area contributed by atoms with Crippen LogP contribution in [0.25, 0.3) is 0 Å². The van der Waals surface area contributed by atoms with Gasteiger partial charge in [0.1, 0.15) is 17.3 Å². The molecule has 0 saturated heterocycles. The first kappa shape index (κ1) is 19.0. The Morgan fingerprint density at radius 3 is 1.60 bits per heavy atom. The number of rotatable bonds is 14. The topological polar surface area (TPSA) is 51.2 Å².